The number of carbonyl (C=O) groups is 1. The van der Waals surface area contributed by atoms with Crippen molar-refractivity contribution in [2.45, 2.75) is 31.6 Å². The summed E-state index contributed by atoms with van der Waals surface area (Å²) in [7, 11) is -4.21. The van der Waals surface area contributed by atoms with E-state index in [-0.39, 0.29) is 18.1 Å². The van der Waals surface area contributed by atoms with Gasteiger partial charge in [0.25, 0.3) is 0 Å². The van der Waals surface area contributed by atoms with E-state index in [1.54, 1.807) is 0 Å². The lowest BCUT2D eigenvalue weighted by molar-refractivity contribution is 0.0696. The molecule has 0 aliphatic rings. The number of rotatable bonds is 8. The number of aromatic carboxylic acids is 1. The van der Waals surface area contributed by atoms with Crippen LogP contribution in [0.1, 0.15) is 34.8 Å². The lowest BCUT2D eigenvalue weighted by Gasteiger charge is -2.22. The van der Waals surface area contributed by atoms with E-state index < -0.39 is 32.3 Å². The highest BCUT2D eigenvalue weighted by Gasteiger charge is 2.29. The molecule has 27 heavy (non-hydrogen) atoms. The van der Waals surface area contributed by atoms with Gasteiger partial charge in [0, 0.05) is 13.1 Å². The van der Waals surface area contributed by atoms with Gasteiger partial charge in [0.2, 0.25) is 10.0 Å². The SMILES string of the molecule is CCCN(CCc1ccc(C)cc1)S(=O)(=O)c1cc(C(=O)O)c(Cl)cc1F. The number of carboxylic acids is 1. The minimum atomic E-state index is -4.21. The van der Waals surface area contributed by atoms with Gasteiger partial charge in [-0.1, -0.05) is 48.4 Å². The summed E-state index contributed by atoms with van der Waals surface area (Å²) in [5, 5.41) is 8.80. The van der Waals surface area contributed by atoms with Crippen LogP contribution in [0.3, 0.4) is 0 Å². The van der Waals surface area contributed by atoms with Crippen LogP contribution < -0.4 is 0 Å². The van der Waals surface area contributed by atoms with Crippen molar-refractivity contribution in [3.05, 3.63) is 63.9 Å². The number of hydrogen-bond donors (Lipinski definition) is 1. The van der Waals surface area contributed by atoms with Gasteiger partial charge in [-0.2, -0.15) is 4.31 Å². The number of sulfonamides is 1. The third-order valence-corrected chi connectivity index (χ3v) is 6.34. The zero-order valence-corrected chi connectivity index (χ0v) is 16.6. The molecule has 1 N–H and O–H groups in total. The third-order valence-electron chi connectivity index (χ3n) is 4.11. The van der Waals surface area contributed by atoms with Gasteiger partial charge in [-0.15, -0.1) is 0 Å². The van der Waals surface area contributed by atoms with Gasteiger partial charge in [0.05, 0.1) is 10.6 Å². The van der Waals surface area contributed by atoms with Crippen molar-refractivity contribution in [1.29, 1.82) is 0 Å². The average Bonchev–Trinajstić information content (AvgIpc) is 2.59. The molecule has 146 valence electrons. The zero-order valence-electron chi connectivity index (χ0n) is 15.1. The summed E-state index contributed by atoms with van der Waals surface area (Å²) in [6, 6.07) is 9.21. The van der Waals surface area contributed by atoms with Crippen molar-refractivity contribution in [3.8, 4) is 0 Å². The molecule has 0 heterocycles. The fourth-order valence-electron chi connectivity index (χ4n) is 2.64. The standard InChI is InChI=1S/C19H21ClFNO4S/c1-3-9-22(10-8-14-6-4-13(2)5-7-14)27(25,26)18-11-15(19(23)24)16(20)12-17(18)21/h4-7,11-12H,3,8-10H2,1-2H3,(H,23,24). The van der Waals surface area contributed by atoms with E-state index in [2.05, 4.69) is 0 Å². The van der Waals surface area contributed by atoms with Gasteiger partial charge in [0.15, 0.2) is 0 Å². The molecule has 0 saturated heterocycles. The first-order valence-electron chi connectivity index (χ1n) is 8.44. The highest BCUT2D eigenvalue weighted by Crippen LogP contribution is 2.27. The molecule has 0 saturated carbocycles. The largest absolute Gasteiger partial charge is 0.478 e. The van der Waals surface area contributed by atoms with Crippen LogP contribution in [-0.2, 0) is 16.4 Å². The Bertz CT molecular complexity index is 929. The van der Waals surface area contributed by atoms with Crippen molar-refractivity contribution in [2.24, 2.45) is 0 Å². The van der Waals surface area contributed by atoms with Crippen LogP contribution in [0, 0.1) is 12.7 Å². The molecule has 2 rings (SSSR count). The first-order valence-corrected chi connectivity index (χ1v) is 10.3. The molecule has 0 unspecified atom stereocenters. The zero-order chi connectivity index (χ0) is 20.2. The lowest BCUT2D eigenvalue weighted by atomic mass is 10.1. The second-order valence-electron chi connectivity index (χ2n) is 6.21. The molecule has 0 fully saturated rings. The second kappa shape index (κ2) is 8.82. The summed E-state index contributed by atoms with van der Waals surface area (Å²) in [5.74, 6) is -2.49. The van der Waals surface area contributed by atoms with Crippen molar-refractivity contribution >= 4 is 27.6 Å². The number of carboxylic acid groups (broad SMARTS) is 1. The predicted molar refractivity (Wildman–Crippen MR) is 102 cm³/mol. The number of benzene rings is 2. The van der Waals surface area contributed by atoms with Crippen molar-refractivity contribution in [1.82, 2.24) is 4.31 Å². The van der Waals surface area contributed by atoms with E-state index >= 15 is 0 Å². The molecule has 0 bridgehead atoms. The maximum atomic E-state index is 14.3. The molecule has 0 aliphatic carbocycles. The Kier molecular flexibility index (Phi) is 6.97. The molecule has 2 aromatic rings. The van der Waals surface area contributed by atoms with Gasteiger partial charge in [-0.3, -0.25) is 0 Å². The predicted octanol–water partition coefficient (Wildman–Crippen LogP) is 4.13. The Morgan fingerprint density at radius 2 is 1.81 bits per heavy atom. The lowest BCUT2D eigenvalue weighted by Crippen LogP contribution is -2.34. The Morgan fingerprint density at radius 3 is 2.37 bits per heavy atom. The number of nitrogens with zero attached hydrogens (tertiary/aromatic N) is 1. The van der Waals surface area contributed by atoms with E-state index in [1.165, 1.54) is 4.31 Å². The molecule has 0 radical (unpaired) electrons. The molecule has 0 amide bonds. The maximum Gasteiger partial charge on any atom is 0.337 e. The first-order chi connectivity index (χ1) is 12.7. The van der Waals surface area contributed by atoms with Crippen molar-refractivity contribution < 1.29 is 22.7 Å². The quantitative estimate of drug-likeness (QED) is 0.706. The van der Waals surface area contributed by atoms with E-state index in [0.29, 0.717) is 12.8 Å². The Morgan fingerprint density at radius 1 is 1.19 bits per heavy atom. The Hall–Kier alpha value is -1.96. The van der Waals surface area contributed by atoms with Gasteiger partial charge in [0.1, 0.15) is 10.7 Å². The molecule has 0 aliphatic heterocycles. The Labute approximate surface area is 163 Å². The highest BCUT2D eigenvalue weighted by molar-refractivity contribution is 7.89. The summed E-state index contributed by atoms with van der Waals surface area (Å²) < 4.78 is 41.4. The van der Waals surface area contributed by atoms with Gasteiger partial charge < -0.3 is 5.11 Å². The molecule has 8 heteroatoms. The van der Waals surface area contributed by atoms with Crippen LogP contribution in [0.15, 0.2) is 41.3 Å². The highest BCUT2D eigenvalue weighted by atomic mass is 35.5. The molecular formula is C19H21ClFNO4S. The summed E-state index contributed by atoms with van der Waals surface area (Å²) in [6.45, 7) is 4.12. The molecule has 2 aromatic carbocycles. The minimum absolute atomic E-state index is 0.156. The van der Waals surface area contributed by atoms with Crippen LogP contribution in [0.2, 0.25) is 5.02 Å². The molecule has 0 atom stereocenters. The van der Waals surface area contributed by atoms with E-state index in [1.807, 2.05) is 38.1 Å². The van der Waals surface area contributed by atoms with Crippen LogP contribution in [0.5, 0.6) is 0 Å². The van der Waals surface area contributed by atoms with Gasteiger partial charge in [-0.25, -0.2) is 17.6 Å². The number of halogens is 2. The van der Waals surface area contributed by atoms with E-state index in [4.69, 9.17) is 16.7 Å². The maximum absolute atomic E-state index is 14.3. The average molecular weight is 414 g/mol. The van der Waals surface area contributed by atoms with E-state index in [0.717, 1.165) is 23.3 Å². The van der Waals surface area contributed by atoms with Crippen molar-refractivity contribution in [3.63, 3.8) is 0 Å². The third kappa shape index (κ3) is 5.06. The second-order valence-corrected chi connectivity index (χ2v) is 8.52. The molecule has 0 aromatic heterocycles. The number of aryl methyl sites for hydroxylation is 1. The summed E-state index contributed by atoms with van der Waals surface area (Å²) >= 11 is 5.71. The number of hydrogen-bond acceptors (Lipinski definition) is 3. The smallest absolute Gasteiger partial charge is 0.337 e. The monoisotopic (exact) mass is 413 g/mol. The van der Waals surface area contributed by atoms with Crippen molar-refractivity contribution in [2.75, 3.05) is 13.1 Å². The van der Waals surface area contributed by atoms with Crippen LogP contribution in [0.4, 0.5) is 4.39 Å². The minimum Gasteiger partial charge on any atom is -0.478 e. The van der Waals surface area contributed by atoms with Crippen LogP contribution in [0.25, 0.3) is 0 Å². The van der Waals surface area contributed by atoms with Crippen LogP contribution >= 0.6 is 11.6 Å². The molecule has 0 spiro atoms. The first kappa shape index (κ1) is 21.3. The summed E-state index contributed by atoms with van der Waals surface area (Å²) in [4.78, 5) is 10.6. The van der Waals surface area contributed by atoms with Gasteiger partial charge in [-0.05, 0) is 37.5 Å². The van der Waals surface area contributed by atoms with Gasteiger partial charge >= 0.3 is 5.97 Å². The molecular weight excluding hydrogens is 393 g/mol. The normalized spacial score (nSPS) is 11.7. The summed E-state index contributed by atoms with van der Waals surface area (Å²) in [6.07, 6.45) is 0.995. The van der Waals surface area contributed by atoms with Crippen LogP contribution in [-0.4, -0.2) is 36.9 Å². The topological polar surface area (TPSA) is 74.7 Å². The Balaban J connectivity index is 2.36. The van der Waals surface area contributed by atoms with E-state index in [9.17, 15) is 17.6 Å². The molecule has 5 nitrogen and oxygen atoms in total. The fourth-order valence-corrected chi connectivity index (χ4v) is 4.48. The summed E-state index contributed by atoms with van der Waals surface area (Å²) in [5.41, 5.74) is 1.60. The fraction of sp³-hybridized carbons (Fsp3) is 0.316.